The van der Waals surface area contributed by atoms with E-state index in [1.165, 1.54) is 16.0 Å². The number of carbonyl (C=O) groups excluding carboxylic acids is 1. The van der Waals surface area contributed by atoms with Crippen LogP contribution in [0.2, 0.25) is 0 Å². The average Bonchev–Trinajstić information content (AvgIpc) is 3.11. The van der Waals surface area contributed by atoms with Gasteiger partial charge in [0, 0.05) is 10.8 Å². The third-order valence-electron chi connectivity index (χ3n) is 3.15. The molecule has 0 fully saturated rings. The van der Waals surface area contributed by atoms with E-state index in [2.05, 4.69) is 20.6 Å². The largest absolute Gasteiger partial charge is 0.442 e. The van der Waals surface area contributed by atoms with Crippen LogP contribution < -0.4 is 5.43 Å². The first-order chi connectivity index (χ1) is 11.8. The molecule has 7 nitrogen and oxygen atoms in total. The van der Waals surface area contributed by atoms with E-state index in [1.54, 1.807) is 12.4 Å². The molecule has 1 aromatic carbocycles. The third-order valence-corrected chi connectivity index (χ3v) is 4.02. The van der Waals surface area contributed by atoms with E-state index in [1.807, 2.05) is 51.3 Å². The van der Waals surface area contributed by atoms with Gasteiger partial charge in [-0.15, -0.1) is 11.3 Å². The van der Waals surface area contributed by atoms with Crippen molar-refractivity contribution in [1.29, 1.82) is 0 Å². The summed E-state index contributed by atoms with van der Waals surface area (Å²) in [5.41, 5.74) is 4.86. The number of nitrogens with one attached hydrogen (secondary N) is 1. The molecule has 0 aliphatic rings. The Bertz CT molecular complexity index is 936. The predicted octanol–water partition coefficient (Wildman–Crippen LogP) is 4.03. The van der Waals surface area contributed by atoms with E-state index in [4.69, 9.17) is 4.74 Å². The molecule has 2 aromatic heterocycles. The summed E-state index contributed by atoms with van der Waals surface area (Å²) in [4.78, 5) is 16.5. The van der Waals surface area contributed by atoms with Crippen molar-refractivity contribution in [3.05, 3.63) is 41.0 Å². The van der Waals surface area contributed by atoms with Gasteiger partial charge in [-0.3, -0.25) is 5.43 Å². The number of benzene rings is 1. The molecule has 0 aliphatic heterocycles. The summed E-state index contributed by atoms with van der Waals surface area (Å²) >= 11 is 1.50. The maximum absolute atomic E-state index is 12.2. The minimum Gasteiger partial charge on any atom is -0.442 e. The Morgan fingerprint density at radius 2 is 2.20 bits per heavy atom. The SMILES string of the molecule is Cc1csc(NN=Cc2ccc3c(cnn3C(=O)OC(C)(C)C)c2)n1. The highest BCUT2D eigenvalue weighted by atomic mass is 32.1. The second-order valence-electron chi connectivity index (χ2n) is 6.52. The van der Waals surface area contributed by atoms with Crippen molar-refractivity contribution in [2.24, 2.45) is 5.10 Å². The van der Waals surface area contributed by atoms with E-state index in [0.29, 0.717) is 5.52 Å². The van der Waals surface area contributed by atoms with Gasteiger partial charge in [0.2, 0.25) is 5.13 Å². The van der Waals surface area contributed by atoms with E-state index in [-0.39, 0.29) is 0 Å². The quantitative estimate of drug-likeness (QED) is 0.565. The number of carbonyl (C=O) groups is 1. The first-order valence-electron chi connectivity index (χ1n) is 7.74. The van der Waals surface area contributed by atoms with Crippen molar-refractivity contribution < 1.29 is 9.53 Å². The van der Waals surface area contributed by atoms with Gasteiger partial charge < -0.3 is 4.74 Å². The summed E-state index contributed by atoms with van der Waals surface area (Å²) in [6.07, 6.45) is 2.83. The van der Waals surface area contributed by atoms with Gasteiger partial charge in [-0.25, -0.2) is 9.78 Å². The Morgan fingerprint density at radius 1 is 1.40 bits per heavy atom. The summed E-state index contributed by atoms with van der Waals surface area (Å²) in [7, 11) is 0. The van der Waals surface area contributed by atoms with Crippen molar-refractivity contribution in [3.63, 3.8) is 0 Å². The van der Waals surface area contributed by atoms with Crippen LogP contribution in [-0.4, -0.2) is 32.7 Å². The molecule has 0 saturated carbocycles. The number of aromatic nitrogens is 3. The fourth-order valence-corrected chi connectivity index (χ4v) is 2.79. The number of anilines is 1. The number of aryl methyl sites for hydroxylation is 1. The Hall–Kier alpha value is -2.74. The second-order valence-corrected chi connectivity index (χ2v) is 7.38. The lowest BCUT2D eigenvalue weighted by Crippen LogP contribution is -2.27. The summed E-state index contributed by atoms with van der Waals surface area (Å²) in [5, 5.41) is 11.8. The molecule has 0 saturated heterocycles. The zero-order chi connectivity index (χ0) is 18.0. The fourth-order valence-electron chi connectivity index (χ4n) is 2.15. The van der Waals surface area contributed by atoms with Crippen LogP contribution in [0.25, 0.3) is 10.9 Å². The first kappa shape index (κ1) is 17.1. The predicted molar refractivity (Wildman–Crippen MR) is 99.4 cm³/mol. The van der Waals surface area contributed by atoms with E-state index >= 15 is 0 Å². The van der Waals surface area contributed by atoms with Gasteiger partial charge >= 0.3 is 6.09 Å². The zero-order valence-electron chi connectivity index (χ0n) is 14.5. The van der Waals surface area contributed by atoms with Gasteiger partial charge in [-0.05, 0) is 45.4 Å². The highest BCUT2D eigenvalue weighted by Gasteiger charge is 2.19. The number of nitrogens with zero attached hydrogens (tertiary/aromatic N) is 4. The number of hydrogen-bond acceptors (Lipinski definition) is 7. The Labute approximate surface area is 149 Å². The molecule has 0 atom stereocenters. The summed E-state index contributed by atoms with van der Waals surface area (Å²) in [5.74, 6) is 0. The molecule has 3 aromatic rings. The number of fused-ring (bicyclic) bond motifs is 1. The fraction of sp³-hybridized carbons (Fsp3) is 0.294. The molecule has 2 heterocycles. The van der Waals surface area contributed by atoms with Gasteiger partial charge in [-0.1, -0.05) is 6.07 Å². The highest BCUT2D eigenvalue weighted by molar-refractivity contribution is 7.13. The van der Waals surface area contributed by atoms with Crippen molar-refractivity contribution in [2.45, 2.75) is 33.3 Å². The van der Waals surface area contributed by atoms with Gasteiger partial charge in [0.15, 0.2) is 0 Å². The minimum atomic E-state index is -0.568. The van der Waals surface area contributed by atoms with Crippen molar-refractivity contribution in [1.82, 2.24) is 14.8 Å². The maximum atomic E-state index is 12.2. The number of rotatable bonds is 3. The lowest BCUT2D eigenvalue weighted by molar-refractivity contribution is 0.0523. The van der Waals surface area contributed by atoms with Gasteiger partial charge in [-0.2, -0.15) is 14.9 Å². The first-order valence-corrected chi connectivity index (χ1v) is 8.62. The maximum Gasteiger partial charge on any atom is 0.435 e. The molecule has 0 bridgehead atoms. The molecule has 0 radical (unpaired) electrons. The van der Waals surface area contributed by atoms with E-state index < -0.39 is 11.7 Å². The van der Waals surface area contributed by atoms with Crippen LogP contribution in [-0.2, 0) is 4.74 Å². The molecule has 0 amide bonds. The van der Waals surface area contributed by atoms with Gasteiger partial charge in [0.25, 0.3) is 0 Å². The minimum absolute atomic E-state index is 0.496. The van der Waals surface area contributed by atoms with Crippen LogP contribution in [0.4, 0.5) is 9.93 Å². The number of ether oxygens (including phenoxy) is 1. The summed E-state index contributed by atoms with van der Waals surface area (Å²) in [6, 6.07) is 5.59. The van der Waals surface area contributed by atoms with Crippen molar-refractivity contribution in [3.8, 4) is 0 Å². The molecule has 25 heavy (non-hydrogen) atoms. The average molecular weight is 357 g/mol. The third kappa shape index (κ3) is 4.21. The molecule has 0 aliphatic carbocycles. The smallest absolute Gasteiger partial charge is 0.435 e. The van der Waals surface area contributed by atoms with Crippen LogP contribution in [0.1, 0.15) is 32.0 Å². The number of thiazole rings is 1. The van der Waals surface area contributed by atoms with Crippen molar-refractivity contribution >= 4 is 39.7 Å². The zero-order valence-corrected chi connectivity index (χ0v) is 15.3. The molecular formula is C17H19N5O2S. The molecule has 0 spiro atoms. The number of hydrogen-bond donors (Lipinski definition) is 1. The Kier molecular flexibility index (Phi) is 4.54. The van der Waals surface area contributed by atoms with Gasteiger partial charge in [0.1, 0.15) is 5.60 Å². The normalized spacial score (nSPS) is 12.0. The Morgan fingerprint density at radius 3 is 2.88 bits per heavy atom. The lowest BCUT2D eigenvalue weighted by Gasteiger charge is -2.19. The molecular weight excluding hydrogens is 338 g/mol. The Balaban J connectivity index is 1.76. The summed E-state index contributed by atoms with van der Waals surface area (Å²) < 4.78 is 6.62. The van der Waals surface area contributed by atoms with E-state index in [9.17, 15) is 4.79 Å². The molecule has 8 heteroatoms. The van der Waals surface area contributed by atoms with Gasteiger partial charge in [0.05, 0.1) is 23.6 Å². The number of hydrazone groups is 1. The van der Waals surface area contributed by atoms with Crippen LogP contribution in [0.15, 0.2) is 34.9 Å². The topological polar surface area (TPSA) is 81.4 Å². The molecule has 130 valence electrons. The summed E-state index contributed by atoms with van der Waals surface area (Å²) in [6.45, 7) is 7.40. The highest BCUT2D eigenvalue weighted by Crippen LogP contribution is 2.18. The molecule has 3 rings (SSSR count). The van der Waals surface area contributed by atoms with Crippen LogP contribution >= 0.6 is 11.3 Å². The van der Waals surface area contributed by atoms with Crippen LogP contribution in [0, 0.1) is 6.92 Å². The van der Waals surface area contributed by atoms with Crippen LogP contribution in [0.5, 0.6) is 0 Å². The standard InChI is InChI=1S/C17H19N5O2S/c1-11-10-25-15(20-11)21-18-8-12-5-6-14-13(7-12)9-19-22(14)16(23)24-17(2,3)4/h5-10H,1-4H3,(H,20,21). The molecule has 1 N–H and O–H groups in total. The van der Waals surface area contributed by atoms with Crippen LogP contribution in [0.3, 0.4) is 0 Å². The monoisotopic (exact) mass is 357 g/mol. The lowest BCUT2D eigenvalue weighted by atomic mass is 10.2. The second kappa shape index (κ2) is 6.64. The van der Waals surface area contributed by atoms with Crippen molar-refractivity contribution in [2.75, 3.05) is 5.43 Å². The molecule has 0 unspecified atom stereocenters. The van der Waals surface area contributed by atoms with E-state index in [0.717, 1.165) is 21.8 Å².